The number of aromatic nitrogens is 2. The molecule has 1 aromatic heterocycles. The molecule has 18 heavy (non-hydrogen) atoms. The molecule has 0 saturated carbocycles. The molecule has 0 saturated heterocycles. The first kappa shape index (κ1) is 12.8. The Kier molecular flexibility index (Phi) is 4.50. The summed E-state index contributed by atoms with van der Waals surface area (Å²) in [6, 6.07) is 10.3. The predicted octanol–water partition coefficient (Wildman–Crippen LogP) is 1.92. The molecule has 0 aliphatic carbocycles. The maximum absolute atomic E-state index is 4.98. The lowest BCUT2D eigenvalue weighted by Crippen LogP contribution is -2.18. The van der Waals surface area contributed by atoms with Gasteiger partial charge in [0.1, 0.15) is 0 Å². The van der Waals surface area contributed by atoms with E-state index in [1.807, 2.05) is 23.0 Å². The lowest BCUT2D eigenvalue weighted by atomic mass is 10.2. The van der Waals surface area contributed by atoms with Gasteiger partial charge in [-0.15, -0.1) is 0 Å². The van der Waals surface area contributed by atoms with E-state index in [1.165, 1.54) is 5.56 Å². The number of aryl methyl sites for hydroxylation is 1. The number of nitrogens with one attached hydrogen (secondary N) is 1. The molecule has 0 aliphatic heterocycles. The van der Waals surface area contributed by atoms with Crippen LogP contribution in [0.5, 0.6) is 0 Å². The third kappa shape index (κ3) is 3.42. The normalized spacial score (nSPS) is 10.8. The standard InChI is InChI=1S/C14H19N3O/c1-12-4-3-5-14(10-12)17-8-6-13(16-17)11-15-7-9-18-2/h3-6,8,10,15H,7,9,11H2,1-2H3. The molecule has 0 bridgehead atoms. The van der Waals surface area contributed by atoms with Crippen LogP contribution in [-0.2, 0) is 11.3 Å². The third-order valence-electron chi connectivity index (χ3n) is 2.70. The summed E-state index contributed by atoms with van der Waals surface area (Å²) in [6.45, 7) is 4.41. The van der Waals surface area contributed by atoms with Crippen LogP contribution < -0.4 is 5.32 Å². The van der Waals surface area contributed by atoms with Crippen LogP contribution in [0.4, 0.5) is 0 Å². The van der Waals surface area contributed by atoms with Gasteiger partial charge in [0, 0.05) is 26.4 Å². The van der Waals surface area contributed by atoms with Gasteiger partial charge in [-0.2, -0.15) is 5.10 Å². The maximum atomic E-state index is 4.98. The molecule has 2 rings (SSSR count). The van der Waals surface area contributed by atoms with Gasteiger partial charge in [0.25, 0.3) is 0 Å². The topological polar surface area (TPSA) is 39.1 Å². The molecule has 1 N–H and O–H groups in total. The maximum Gasteiger partial charge on any atom is 0.0766 e. The molecule has 0 amide bonds. The van der Waals surface area contributed by atoms with Crippen molar-refractivity contribution in [3.8, 4) is 5.69 Å². The van der Waals surface area contributed by atoms with Crippen molar-refractivity contribution in [1.82, 2.24) is 15.1 Å². The first-order valence-electron chi connectivity index (χ1n) is 6.11. The largest absolute Gasteiger partial charge is 0.383 e. The lowest BCUT2D eigenvalue weighted by Gasteiger charge is -2.03. The number of hydrogen-bond acceptors (Lipinski definition) is 3. The number of nitrogens with zero attached hydrogens (tertiary/aromatic N) is 2. The zero-order chi connectivity index (χ0) is 12.8. The second-order valence-electron chi connectivity index (χ2n) is 4.26. The summed E-state index contributed by atoms with van der Waals surface area (Å²) in [5, 5.41) is 7.81. The molecule has 0 spiro atoms. The van der Waals surface area contributed by atoms with Crippen molar-refractivity contribution in [2.45, 2.75) is 13.5 Å². The monoisotopic (exact) mass is 245 g/mol. The molecule has 0 atom stereocenters. The summed E-state index contributed by atoms with van der Waals surface area (Å²) in [5.41, 5.74) is 3.37. The van der Waals surface area contributed by atoms with Crippen molar-refractivity contribution in [3.63, 3.8) is 0 Å². The molecule has 0 radical (unpaired) electrons. The zero-order valence-electron chi connectivity index (χ0n) is 10.9. The molecule has 1 heterocycles. The molecule has 4 heteroatoms. The SMILES string of the molecule is COCCNCc1ccn(-c2cccc(C)c2)n1. The van der Waals surface area contributed by atoms with Crippen LogP contribution in [0, 0.1) is 6.92 Å². The predicted molar refractivity (Wildman–Crippen MR) is 71.9 cm³/mol. The minimum absolute atomic E-state index is 0.721. The Morgan fingerprint density at radius 1 is 1.33 bits per heavy atom. The third-order valence-corrected chi connectivity index (χ3v) is 2.70. The summed E-state index contributed by atoms with van der Waals surface area (Å²) in [6.07, 6.45) is 1.99. The van der Waals surface area contributed by atoms with E-state index in [-0.39, 0.29) is 0 Å². The van der Waals surface area contributed by atoms with Crippen molar-refractivity contribution in [3.05, 3.63) is 47.8 Å². The van der Waals surface area contributed by atoms with Crippen molar-refractivity contribution in [2.24, 2.45) is 0 Å². The van der Waals surface area contributed by atoms with E-state index >= 15 is 0 Å². The molecule has 0 unspecified atom stereocenters. The molecular formula is C14H19N3O. The number of ether oxygens (including phenoxy) is 1. The van der Waals surface area contributed by atoms with Crippen molar-refractivity contribution in [1.29, 1.82) is 0 Å². The van der Waals surface area contributed by atoms with Crippen LogP contribution >= 0.6 is 0 Å². The highest BCUT2D eigenvalue weighted by Gasteiger charge is 2.01. The number of hydrogen-bond donors (Lipinski definition) is 1. The Labute approximate surface area is 108 Å². The Morgan fingerprint density at radius 3 is 3.00 bits per heavy atom. The second kappa shape index (κ2) is 6.33. The van der Waals surface area contributed by atoms with Gasteiger partial charge >= 0.3 is 0 Å². The van der Waals surface area contributed by atoms with Gasteiger partial charge in [0.15, 0.2) is 0 Å². The van der Waals surface area contributed by atoms with Gasteiger partial charge in [0.2, 0.25) is 0 Å². The fourth-order valence-corrected chi connectivity index (χ4v) is 1.76. The number of benzene rings is 1. The first-order chi connectivity index (χ1) is 8.79. The van der Waals surface area contributed by atoms with E-state index < -0.39 is 0 Å². The Balaban J connectivity index is 1.97. The molecule has 96 valence electrons. The first-order valence-corrected chi connectivity index (χ1v) is 6.11. The highest BCUT2D eigenvalue weighted by molar-refractivity contribution is 5.34. The van der Waals surface area contributed by atoms with Gasteiger partial charge < -0.3 is 10.1 Å². The minimum atomic E-state index is 0.721. The average Bonchev–Trinajstić information content (AvgIpc) is 2.83. The van der Waals surface area contributed by atoms with Crippen molar-refractivity contribution >= 4 is 0 Å². The average molecular weight is 245 g/mol. The minimum Gasteiger partial charge on any atom is -0.383 e. The van der Waals surface area contributed by atoms with Crippen LogP contribution in [-0.4, -0.2) is 30.0 Å². The van der Waals surface area contributed by atoms with E-state index in [4.69, 9.17) is 4.74 Å². The summed E-state index contributed by atoms with van der Waals surface area (Å²) >= 11 is 0. The van der Waals surface area contributed by atoms with Crippen LogP contribution in [0.15, 0.2) is 36.5 Å². The number of rotatable bonds is 6. The molecule has 0 fully saturated rings. The second-order valence-corrected chi connectivity index (χ2v) is 4.26. The number of methoxy groups -OCH3 is 1. The van der Waals surface area contributed by atoms with Crippen LogP contribution in [0.25, 0.3) is 5.69 Å². The van der Waals surface area contributed by atoms with E-state index in [0.29, 0.717) is 0 Å². The van der Waals surface area contributed by atoms with Gasteiger partial charge in [-0.3, -0.25) is 0 Å². The summed E-state index contributed by atoms with van der Waals surface area (Å²) in [7, 11) is 1.70. The van der Waals surface area contributed by atoms with Gasteiger partial charge in [-0.05, 0) is 30.7 Å². The summed E-state index contributed by atoms with van der Waals surface area (Å²) in [4.78, 5) is 0. The van der Waals surface area contributed by atoms with Gasteiger partial charge in [-0.25, -0.2) is 4.68 Å². The van der Waals surface area contributed by atoms with Crippen LogP contribution in [0.2, 0.25) is 0 Å². The van der Waals surface area contributed by atoms with Gasteiger partial charge in [0.05, 0.1) is 18.0 Å². The fourth-order valence-electron chi connectivity index (χ4n) is 1.76. The zero-order valence-corrected chi connectivity index (χ0v) is 10.9. The van der Waals surface area contributed by atoms with E-state index in [1.54, 1.807) is 7.11 Å². The van der Waals surface area contributed by atoms with Crippen molar-refractivity contribution in [2.75, 3.05) is 20.3 Å². The fraction of sp³-hybridized carbons (Fsp3) is 0.357. The van der Waals surface area contributed by atoms with Gasteiger partial charge in [-0.1, -0.05) is 12.1 Å². The lowest BCUT2D eigenvalue weighted by molar-refractivity contribution is 0.199. The van der Waals surface area contributed by atoms with E-state index in [0.717, 1.165) is 31.1 Å². The smallest absolute Gasteiger partial charge is 0.0766 e. The summed E-state index contributed by atoms with van der Waals surface area (Å²) < 4.78 is 6.88. The molecule has 2 aromatic rings. The van der Waals surface area contributed by atoms with E-state index in [9.17, 15) is 0 Å². The molecule has 1 aromatic carbocycles. The molecule has 4 nitrogen and oxygen atoms in total. The summed E-state index contributed by atoms with van der Waals surface area (Å²) in [5.74, 6) is 0. The Hall–Kier alpha value is -1.65. The van der Waals surface area contributed by atoms with E-state index in [2.05, 4.69) is 35.5 Å². The van der Waals surface area contributed by atoms with Crippen molar-refractivity contribution < 1.29 is 4.74 Å². The van der Waals surface area contributed by atoms with Crippen LogP contribution in [0.3, 0.4) is 0 Å². The Morgan fingerprint density at radius 2 is 2.22 bits per heavy atom. The molecule has 0 aliphatic rings. The Bertz CT molecular complexity index is 493. The quantitative estimate of drug-likeness (QED) is 0.790. The molecular weight excluding hydrogens is 226 g/mol. The highest BCUT2D eigenvalue weighted by Crippen LogP contribution is 2.09. The highest BCUT2D eigenvalue weighted by atomic mass is 16.5. The van der Waals surface area contributed by atoms with Crippen LogP contribution in [0.1, 0.15) is 11.3 Å².